The Morgan fingerprint density at radius 2 is 2.50 bits per heavy atom. The van der Waals surface area contributed by atoms with Crippen molar-refractivity contribution in [1.29, 1.82) is 0 Å². The van der Waals surface area contributed by atoms with Gasteiger partial charge < -0.3 is 10.6 Å². The van der Waals surface area contributed by atoms with Crippen LogP contribution in [0.3, 0.4) is 0 Å². The van der Waals surface area contributed by atoms with E-state index in [1.54, 1.807) is 6.20 Å². The molecule has 16 heavy (non-hydrogen) atoms. The van der Waals surface area contributed by atoms with Gasteiger partial charge in [-0.1, -0.05) is 19.1 Å². The number of nitrogens with two attached hydrogens (primary N) is 1. The average Bonchev–Trinajstić information content (AvgIpc) is 2.76. The summed E-state index contributed by atoms with van der Waals surface area (Å²) in [6.45, 7) is 3.21. The van der Waals surface area contributed by atoms with Gasteiger partial charge in [-0.3, -0.25) is 0 Å². The van der Waals surface area contributed by atoms with Gasteiger partial charge in [0.25, 0.3) is 0 Å². The lowest BCUT2D eigenvalue weighted by Crippen LogP contribution is -2.31. The number of thiocarbonyl (C=S) groups is 1. The standard InChI is InChI=1S/C11H16N4S/c1-2-8-4-3-7-15(8)11-9(10(12)16)5-6-13-14-11/h5-6,8H,2-4,7H2,1H3,(H2,12,16). The summed E-state index contributed by atoms with van der Waals surface area (Å²) in [6, 6.07) is 2.39. The molecule has 0 amide bonds. The largest absolute Gasteiger partial charge is 0.389 e. The van der Waals surface area contributed by atoms with E-state index in [2.05, 4.69) is 22.0 Å². The van der Waals surface area contributed by atoms with Crippen LogP contribution in [0.15, 0.2) is 12.3 Å². The first-order valence-corrected chi connectivity index (χ1v) is 6.03. The summed E-state index contributed by atoms with van der Waals surface area (Å²) in [7, 11) is 0. The molecular weight excluding hydrogens is 220 g/mol. The van der Waals surface area contributed by atoms with Crippen molar-refractivity contribution >= 4 is 23.0 Å². The van der Waals surface area contributed by atoms with Gasteiger partial charge >= 0.3 is 0 Å². The molecule has 1 aromatic rings. The number of aromatic nitrogens is 2. The molecule has 0 aliphatic carbocycles. The number of hydrogen-bond acceptors (Lipinski definition) is 4. The van der Waals surface area contributed by atoms with Gasteiger partial charge in [-0.2, -0.15) is 5.10 Å². The van der Waals surface area contributed by atoms with Gasteiger partial charge in [0.15, 0.2) is 5.82 Å². The predicted molar refractivity (Wildman–Crippen MR) is 68.6 cm³/mol. The summed E-state index contributed by atoms with van der Waals surface area (Å²) in [5.74, 6) is 0.847. The Labute approximate surface area is 101 Å². The van der Waals surface area contributed by atoms with E-state index in [0.717, 1.165) is 24.3 Å². The third-order valence-electron chi connectivity index (χ3n) is 3.09. The van der Waals surface area contributed by atoms with Crippen molar-refractivity contribution in [2.75, 3.05) is 11.4 Å². The maximum absolute atomic E-state index is 5.71. The Morgan fingerprint density at radius 3 is 3.19 bits per heavy atom. The first-order chi connectivity index (χ1) is 7.74. The molecule has 0 spiro atoms. The molecule has 1 aliphatic rings. The molecule has 1 aromatic heterocycles. The molecule has 1 fully saturated rings. The van der Waals surface area contributed by atoms with Crippen LogP contribution in [0.1, 0.15) is 31.7 Å². The molecule has 2 N–H and O–H groups in total. The van der Waals surface area contributed by atoms with Crippen molar-refractivity contribution in [3.63, 3.8) is 0 Å². The van der Waals surface area contributed by atoms with Crippen LogP contribution in [-0.2, 0) is 0 Å². The zero-order valence-corrected chi connectivity index (χ0v) is 10.2. The zero-order chi connectivity index (χ0) is 11.5. The molecule has 1 atom stereocenters. The Balaban J connectivity index is 2.35. The summed E-state index contributed by atoms with van der Waals surface area (Å²) in [4.78, 5) is 2.67. The molecular formula is C11H16N4S. The zero-order valence-electron chi connectivity index (χ0n) is 9.39. The highest BCUT2D eigenvalue weighted by molar-refractivity contribution is 7.80. The fourth-order valence-electron chi connectivity index (χ4n) is 2.27. The monoisotopic (exact) mass is 236 g/mol. The number of nitrogens with zero attached hydrogens (tertiary/aromatic N) is 3. The Kier molecular flexibility index (Phi) is 3.33. The quantitative estimate of drug-likeness (QED) is 0.806. The molecule has 0 radical (unpaired) electrons. The van der Waals surface area contributed by atoms with E-state index < -0.39 is 0 Å². The highest BCUT2D eigenvalue weighted by atomic mass is 32.1. The minimum atomic E-state index is 0.395. The SMILES string of the molecule is CCC1CCCN1c1nnccc1C(N)=S. The molecule has 1 aliphatic heterocycles. The van der Waals surface area contributed by atoms with Crippen LogP contribution in [0.4, 0.5) is 5.82 Å². The maximum Gasteiger partial charge on any atom is 0.161 e. The van der Waals surface area contributed by atoms with Crippen LogP contribution in [-0.4, -0.2) is 27.8 Å². The van der Waals surface area contributed by atoms with E-state index in [1.807, 2.05) is 6.07 Å². The van der Waals surface area contributed by atoms with E-state index >= 15 is 0 Å². The lowest BCUT2D eigenvalue weighted by molar-refractivity contribution is 0.637. The van der Waals surface area contributed by atoms with E-state index in [1.165, 1.54) is 12.8 Å². The molecule has 2 rings (SSSR count). The van der Waals surface area contributed by atoms with Gasteiger partial charge in [-0.05, 0) is 25.3 Å². The fraction of sp³-hybridized carbons (Fsp3) is 0.545. The van der Waals surface area contributed by atoms with E-state index in [-0.39, 0.29) is 0 Å². The van der Waals surface area contributed by atoms with Gasteiger partial charge in [0.1, 0.15) is 4.99 Å². The third kappa shape index (κ3) is 2.00. The van der Waals surface area contributed by atoms with Crippen LogP contribution < -0.4 is 10.6 Å². The maximum atomic E-state index is 5.71. The molecule has 1 saturated heterocycles. The second-order valence-electron chi connectivity index (χ2n) is 4.03. The third-order valence-corrected chi connectivity index (χ3v) is 3.31. The van der Waals surface area contributed by atoms with Gasteiger partial charge in [-0.15, -0.1) is 5.10 Å². The molecule has 4 nitrogen and oxygen atoms in total. The lowest BCUT2D eigenvalue weighted by atomic mass is 10.1. The molecule has 0 bridgehead atoms. The highest BCUT2D eigenvalue weighted by Crippen LogP contribution is 2.27. The van der Waals surface area contributed by atoms with Crippen molar-refractivity contribution in [1.82, 2.24) is 10.2 Å². The first kappa shape index (κ1) is 11.3. The molecule has 5 heteroatoms. The van der Waals surface area contributed by atoms with Crippen LogP contribution in [0.25, 0.3) is 0 Å². The molecule has 2 heterocycles. The van der Waals surface area contributed by atoms with Crippen LogP contribution >= 0.6 is 12.2 Å². The highest BCUT2D eigenvalue weighted by Gasteiger charge is 2.26. The Hall–Kier alpha value is -1.23. The first-order valence-electron chi connectivity index (χ1n) is 5.62. The van der Waals surface area contributed by atoms with Crippen molar-refractivity contribution < 1.29 is 0 Å². The number of hydrogen-bond donors (Lipinski definition) is 1. The molecule has 86 valence electrons. The topological polar surface area (TPSA) is 55.0 Å². The minimum Gasteiger partial charge on any atom is -0.389 e. The Morgan fingerprint density at radius 1 is 1.69 bits per heavy atom. The number of rotatable bonds is 3. The molecule has 0 aromatic carbocycles. The summed E-state index contributed by atoms with van der Waals surface area (Å²) in [5.41, 5.74) is 6.54. The normalized spacial score (nSPS) is 20.1. The van der Waals surface area contributed by atoms with Gasteiger partial charge in [0, 0.05) is 12.6 Å². The second kappa shape index (κ2) is 4.74. The van der Waals surface area contributed by atoms with Gasteiger partial charge in [-0.25, -0.2) is 0 Å². The second-order valence-corrected chi connectivity index (χ2v) is 4.47. The van der Waals surface area contributed by atoms with E-state index in [0.29, 0.717) is 11.0 Å². The number of anilines is 1. The molecule has 0 saturated carbocycles. The average molecular weight is 236 g/mol. The van der Waals surface area contributed by atoms with Crippen molar-refractivity contribution in [3.05, 3.63) is 17.8 Å². The lowest BCUT2D eigenvalue weighted by Gasteiger charge is -2.25. The van der Waals surface area contributed by atoms with Gasteiger partial charge in [0.2, 0.25) is 0 Å². The van der Waals surface area contributed by atoms with E-state index in [9.17, 15) is 0 Å². The fourth-order valence-corrected chi connectivity index (χ4v) is 2.43. The van der Waals surface area contributed by atoms with Crippen LogP contribution in [0.2, 0.25) is 0 Å². The predicted octanol–water partition coefficient (Wildman–Crippen LogP) is 1.49. The minimum absolute atomic E-state index is 0.395. The van der Waals surface area contributed by atoms with Crippen molar-refractivity contribution in [2.45, 2.75) is 32.2 Å². The van der Waals surface area contributed by atoms with Crippen LogP contribution in [0, 0.1) is 0 Å². The smallest absolute Gasteiger partial charge is 0.161 e. The van der Waals surface area contributed by atoms with Crippen molar-refractivity contribution in [2.24, 2.45) is 5.73 Å². The van der Waals surface area contributed by atoms with Crippen LogP contribution in [0.5, 0.6) is 0 Å². The summed E-state index contributed by atoms with van der Waals surface area (Å²) in [6.07, 6.45) is 5.16. The summed E-state index contributed by atoms with van der Waals surface area (Å²) in [5, 5.41) is 8.12. The Bertz CT molecular complexity index is 393. The van der Waals surface area contributed by atoms with Gasteiger partial charge in [0.05, 0.1) is 11.8 Å². The van der Waals surface area contributed by atoms with Crippen molar-refractivity contribution in [3.8, 4) is 0 Å². The summed E-state index contributed by atoms with van der Waals surface area (Å²) < 4.78 is 0. The molecule has 1 unspecified atom stereocenters. The van der Waals surface area contributed by atoms with E-state index in [4.69, 9.17) is 18.0 Å². The summed E-state index contributed by atoms with van der Waals surface area (Å²) >= 11 is 5.04.